The molecule has 11 heteroatoms. The molecule has 1 aromatic heterocycles. The fourth-order valence-electron chi connectivity index (χ4n) is 3.09. The van der Waals surface area contributed by atoms with Crippen LogP contribution >= 0.6 is 11.3 Å². The van der Waals surface area contributed by atoms with Gasteiger partial charge in [-0.05, 0) is 35.4 Å². The Hall–Kier alpha value is -3.57. The summed E-state index contributed by atoms with van der Waals surface area (Å²) < 4.78 is 28.5. The van der Waals surface area contributed by atoms with Crippen LogP contribution in [0.15, 0.2) is 42.5 Å². The standard InChI is InChI=1S/C23H25FN4O5S/c1-31-18-8-16(9-19(10-18)32-2)12-28(14-21(29)33-3)13-20-26-27-23(34-20)22(30)25-11-15-4-6-17(24)7-5-15/h4-10H,11-14H2,1-3H3,(H,25,30). The van der Waals surface area contributed by atoms with Crippen molar-refractivity contribution in [3.63, 3.8) is 0 Å². The molecule has 9 nitrogen and oxygen atoms in total. The summed E-state index contributed by atoms with van der Waals surface area (Å²) in [5.74, 6) is 0.126. The van der Waals surface area contributed by atoms with E-state index in [0.29, 0.717) is 23.1 Å². The van der Waals surface area contributed by atoms with Crippen LogP contribution in [0.4, 0.5) is 4.39 Å². The lowest BCUT2D eigenvalue weighted by Crippen LogP contribution is -2.29. The first-order chi connectivity index (χ1) is 16.4. The molecule has 0 saturated heterocycles. The third kappa shape index (κ3) is 7.22. The topological polar surface area (TPSA) is 103 Å². The maximum Gasteiger partial charge on any atom is 0.319 e. The molecule has 0 aliphatic heterocycles. The van der Waals surface area contributed by atoms with E-state index in [1.807, 2.05) is 17.0 Å². The molecule has 3 rings (SSSR count). The van der Waals surface area contributed by atoms with Crippen LogP contribution < -0.4 is 14.8 Å². The predicted molar refractivity (Wildman–Crippen MR) is 123 cm³/mol. The first-order valence-electron chi connectivity index (χ1n) is 10.3. The Morgan fingerprint density at radius 3 is 2.26 bits per heavy atom. The van der Waals surface area contributed by atoms with Crippen LogP contribution in [0.1, 0.15) is 25.9 Å². The zero-order chi connectivity index (χ0) is 24.5. The largest absolute Gasteiger partial charge is 0.497 e. The number of carbonyl (C=O) groups is 2. The Kier molecular flexibility index (Phi) is 8.88. The molecule has 0 aliphatic carbocycles. The third-order valence-corrected chi connectivity index (χ3v) is 5.69. The minimum atomic E-state index is -0.406. The van der Waals surface area contributed by atoms with Gasteiger partial charge in [0.2, 0.25) is 5.01 Å². The number of rotatable bonds is 11. The van der Waals surface area contributed by atoms with Gasteiger partial charge in [0.05, 0.1) is 34.4 Å². The first kappa shape index (κ1) is 25.1. The zero-order valence-electron chi connectivity index (χ0n) is 19.0. The monoisotopic (exact) mass is 488 g/mol. The first-order valence-corrected chi connectivity index (χ1v) is 11.1. The van der Waals surface area contributed by atoms with Crippen LogP contribution in [-0.2, 0) is 29.2 Å². The lowest BCUT2D eigenvalue weighted by molar-refractivity contribution is -0.142. The number of nitrogens with zero attached hydrogens (tertiary/aromatic N) is 3. The van der Waals surface area contributed by atoms with E-state index >= 15 is 0 Å². The Bertz CT molecular complexity index is 1100. The molecule has 180 valence electrons. The molecule has 0 bridgehead atoms. The Balaban J connectivity index is 1.67. The van der Waals surface area contributed by atoms with Gasteiger partial charge in [-0.1, -0.05) is 23.5 Å². The maximum absolute atomic E-state index is 13.0. The second kappa shape index (κ2) is 12.1. The number of benzene rings is 2. The molecule has 0 fully saturated rings. The number of esters is 1. The second-order valence-corrected chi connectivity index (χ2v) is 8.31. The van der Waals surface area contributed by atoms with Gasteiger partial charge in [0.15, 0.2) is 0 Å². The average molecular weight is 489 g/mol. The van der Waals surface area contributed by atoms with Crippen molar-refractivity contribution in [2.24, 2.45) is 0 Å². The number of nitrogens with one attached hydrogen (secondary N) is 1. The highest BCUT2D eigenvalue weighted by Crippen LogP contribution is 2.24. The van der Waals surface area contributed by atoms with Crippen molar-refractivity contribution in [3.8, 4) is 11.5 Å². The molecule has 1 amide bonds. The highest BCUT2D eigenvalue weighted by Gasteiger charge is 2.18. The van der Waals surface area contributed by atoms with Gasteiger partial charge in [-0.25, -0.2) is 4.39 Å². The van der Waals surface area contributed by atoms with Gasteiger partial charge < -0.3 is 19.5 Å². The maximum atomic E-state index is 13.0. The van der Waals surface area contributed by atoms with Crippen LogP contribution in [0.3, 0.4) is 0 Å². The molecular weight excluding hydrogens is 463 g/mol. The van der Waals surface area contributed by atoms with Crippen LogP contribution in [0, 0.1) is 5.82 Å². The second-order valence-electron chi connectivity index (χ2n) is 7.25. The highest BCUT2D eigenvalue weighted by atomic mass is 32.1. The summed E-state index contributed by atoms with van der Waals surface area (Å²) in [7, 11) is 4.45. The summed E-state index contributed by atoms with van der Waals surface area (Å²) in [5, 5.41) is 11.6. The molecule has 0 radical (unpaired) electrons. The summed E-state index contributed by atoms with van der Waals surface area (Å²) in [4.78, 5) is 26.2. The lowest BCUT2D eigenvalue weighted by Gasteiger charge is -2.20. The van der Waals surface area contributed by atoms with E-state index in [-0.39, 0.29) is 36.4 Å². The van der Waals surface area contributed by atoms with Crippen LogP contribution in [0.2, 0.25) is 0 Å². The van der Waals surface area contributed by atoms with Gasteiger partial charge in [-0.3, -0.25) is 14.5 Å². The van der Waals surface area contributed by atoms with E-state index in [9.17, 15) is 14.0 Å². The molecule has 2 aromatic carbocycles. The number of hydrogen-bond acceptors (Lipinski definition) is 9. The van der Waals surface area contributed by atoms with Crippen molar-refractivity contribution in [1.82, 2.24) is 20.4 Å². The summed E-state index contributed by atoms with van der Waals surface area (Å²) in [5.41, 5.74) is 1.62. The third-order valence-electron chi connectivity index (χ3n) is 4.78. The number of halogens is 1. The van der Waals surface area contributed by atoms with E-state index in [2.05, 4.69) is 15.5 Å². The van der Waals surface area contributed by atoms with Crippen molar-refractivity contribution < 1.29 is 28.2 Å². The fraction of sp³-hybridized carbons (Fsp3) is 0.304. The number of methoxy groups -OCH3 is 3. The van der Waals surface area contributed by atoms with Crippen molar-refractivity contribution in [2.75, 3.05) is 27.9 Å². The lowest BCUT2D eigenvalue weighted by atomic mass is 10.2. The van der Waals surface area contributed by atoms with Crippen LogP contribution in [0.5, 0.6) is 11.5 Å². The highest BCUT2D eigenvalue weighted by molar-refractivity contribution is 7.13. The van der Waals surface area contributed by atoms with Crippen LogP contribution in [-0.4, -0.2) is 54.8 Å². The summed E-state index contributed by atoms with van der Waals surface area (Å²) in [6.45, 7) is 0.910. The van der Waals surface area contributed by atoms with E-state index in [4.69, 9.17) is 14.2 Å². The van der Waals surface area contributed by atoms with Gasteiger partial charge in [0, 0.05) is 19.2 Å². The minimum Gasteiger partial charge on any atom is -0.497 e. The molecule has 0 spiro atoms. The minimum absolute atomic E-state index is 0.0156. The van der Waals surface area contributed by atoms with Crippen molar-refractivity contribution in [3.05, 3.63) is 69.4 Å². The predicted octanol–water partition coefficient (Wildman–Crippen LogP) is 2.80. The molecule has 3 aromatic rings. The Labute approximate surface area is 200 Å². The van der Waals surface area contributed by atoms with Gasteiger partial charge in [0.1, 0.15) is 22.3 Å². The molecule has 0 saturated carbocycles. The molecule has 0 unspecified atom stereocenters. The quantitative estimate of drug-likeness (QED) is 0.411. The normalized spacial score (nSPS) is 10.7. The summed E-state index contributed by atoms with van der Waals surface area (Å²) >= 11 is 1.13. The average Bonchev–Trinajstić information content (AvgIpc) is 3.31. The Morgan fingerprint density at radius 1 is 0.971 bits per heavy atom. The van der Waals surface area contributed by atoms with Gasteiger partial charge in [-0.15, -0.1) is 10.2 Å². The smallest absolute Gasteiger partial charge is 0.319 e. The molecule has 1 N–H and O–H groups in total. The van der Waals surface area contributed by atoms with Gasteiger partial charge >= 0.3 is 5.97 Å². The van der Waals surface area contributed by atoms with Gasteiger partial charge in [0.25, 0.3) is 5.91 Å². The molecule has 0 atom stereocenters. The van der Waals surface area contributed by atoms with E-state index in [1.165, 1.54) is 19.2 Å². The fourth-order valence-corrected chi connectivity index (χ4v) is 3.89. The number of ether oxygens (including phenoxy) is 3. The summed E-state index contributed by atoms with van der Waals surface area (Å²) in [6.07, 6.45) is 0. The van der Waals surface area contributed by atoms with E-state index in [0.717, 1.165) is 22.5 Å². The molecular formula is C23H25FN4O5S. The number of amides is 1. The zero-order valence-corrected chi connectivity index (χ0v) is 19.9. The van der Waals surface area contributed by atoms with Crippen molar-refractivity contribution in [2.45, 2.75) is 19.6 Å². The molecule has 1 heterocycles. The summed E-state index contributed by atoms with van der Waals surface area (Å²) in [6, 6.07) is 11.3. The Morgan fingerprint density at radius 2 is 1.65 bits per heavy atom. The van der Waals surface area contributed by atoms with Crippen LogP contribution in [0.25, 0.3) is 0 Å². The van der Waals surface area contributed by atoms with E-state index < -0.39 is 5.97 Å². The van der Waals surface area contributed by atoms with E-state index in [1.54, 1.807) is 32.4 Å². The number of aromatic nitrogens is 2. The molecule has 0 aliphatic rings. The SMILES string of the molecule is COC(=O)CN(Cc1cc(OC)cc(OC)c1)Cc1nnc(C(=O)NCc2ccc(F)cc2)s1. The number of hydrogen-bond donors (Lipinski definition) is 1. The molecule has 34 heavy (non-hydrogen) atoms. The van der Waals surface area contributed by atoms with Gasteiger partial charge in [-0.2, -0.15) is 0 Å². The number of carbonyl (C=O) groups excluding carboxylic acids is 2. The van der Waals surface area contributed by atoms with Crippen molar-refractivity contribution >= 4 is 23.2 Å². The van der Waals surface area contributed by atoms with Crippen molar-refractivity contribution in [1.29, 1.82) is 0 Å².